The van der Waals surface area contributed by atoms with Gasteiger partial charge in [-0.2, -0.15) is 0 Å². The normalized spacial score (nSPS) is 24.3. The first-order valence-corrected chi connectivity index (χ1v) is 7.74. The smallest absolute Gasteiger partial charge is 0.269 e. The number of nitrogens with zero attached hydrogens (tertiary/aromatic N) is 2. The Morgan fingerprint density at radius 2 is 2.05 bits per heavy atom. The molecule has 6 heteroatoms. The predicted molar refractivity (Wildman–Crippen MR) is 89.4 cm³/mol. The minimum Gasteiger partial charge on any atom is -0.316 e. The zero-order chi connectivity index (χ0) is 14.9. The van der Waals surface area contributed by atoms with Gasteiger partial charge in [0, 0.05) is 37.8 Å². The fourth-order valence-corrected chi connectivity index (χ4v) is 3.21. The number of benzene rings is 1. The average Bonchev–Trinajstić information content (AvgIpc) is 3.22. The predicted octanol–water partition coefficient (Wildman–Crippen LogP) is 2.98. The molecule has 1 aliphatic heterocycles. The monoisotopic (exact) mass is 325 g/mol. The maximum atomic E-state index is 10.7. The number of halogens is 1. The van der Waals surface area contributed by atoms with Crippen LogP contribution in [-0.4, -0.2) is 35.5 Å². The molecule has 0 amide bonds. The van der Waals surface area contributed by atoms with E-state index in [1.165, 1.54) is 24.8 Å². The van der Waals surface area contributed by atoms with Gasteiger partial charge in [-0.15, -0.1) is 12.4 Å². The second-order valence-electron chi connectivity index (χ2n) is 6.80. The Labute approximate surface area is 137 Å². The van der Waals surface area contributed by atoms with Crippen molar-refractivity contribution < 1.29 is 4.92 Å². The van der Waals surface area contributed by atoms with E-state index < -0.39 is 0 Å². The van der Waals surface area contributed by atoms with Gasteiger partial charge in [-0.3, -0.25) is 15.0 Å². The van der Waals surface area contributed by atoms with Gasteiger partial charge in [-0.05, 0) is 36.8 Å². The zero-order valence-electron chi connectivity index (χ0n) is 13.0. The fourth-order valence-electron chi connectivity index (χ4n) is 3.21. The highest BCUT2D eigenvalue weighted by atomic mass is 35.5. The van der Waals surface area contributed by atoms with E-state index in [0.717, 1.165) is 26.2 Å². The molecule has 1 aromatic rings. The summed E-state index contributed by atoms with van der Waals surface area (Å²) in [4.78, 5) is 12.9. The Balaban J connectivity index is 0.00000176. The van der Waals surface area contributed by atoms with E-state index in [2.05, 4.69) is 17.1 Å². The first-order valence-electron chi connectivity index (χ1n) is 7.74. The van der Waals surface area contributed by atoms with Crippen molar-refractivity contribution in [3.63, 3.8) is 0 Å². The van der Waals surface area contributed by atoms with Crippen LogP contribution in [0.5, 0.6) is 0 Å². The van der Waals surface area contributed by atoms with E-state index >= 15 is 0 Å². The molecular weight excluding hydrogens is 302 g/mol. The summed E-state index contributed by atoms with van der Waals surface area (Å²) >= 11 is 0. The van der Waals surface area contributed by atoms with Crippen molar-refractivity contribution in [2.45, 2.75) is 38.8 Å². The summed E-state index contributed by atoms with van der Waals surface area (Å²) in [6.07, 6.45) is 3.81. The molecule has 5 nitrogen and oxygen atoms in total. The van der Waals surface area contributed by atoms with Crippen molar-refractivity contribution in [2.24, 2.45) is 5.41 Å². The molecule has 1 N–H and O–H groups in total. The van der Waals surface area contributed by atoms with E-state index in [0.29, 0.717) is 11.5 Å². The number of nitrogens with one attached hydrogen (secondary N) is 1. The van der Waals surface area contributed by atoms with Crippen LogP contribution in [-0.2, 0) is 6.54 Å². The van der Waals surface area contributed by atoms with Crippen molar-refractivity contribution >= 4 is 18.1 Å². The topological polar surface area (TPSA) is 58.4 Å². The van der Waals surface area contributed by atoms with Crippen LogP contribution >= 0.6 is 12.4 Å². The highest BCUT2D eigenvalue weighted by Gasteiger charge is 2.36. The Bertz CT molecular complexity index is 511. The van der Waals surface area contributed by atoms with E-state index in [9.17, 15) is 10.1 Å². The highest BCUT2D eigenvalue weighted by Crippen LogP contribution is 2.34. The van der Waals surface area contributed by atoms with Crippen LogP contribution in [0.3, 0.4) is 0 Å². The van der Waals surface area contributed by atoms with Gasteiger partial charge in [0.2, 0.25) is 0 Å². The Hall–Kier alpha value is -1.17. The van der Waals surface area contributed by atoms with Crippen LogP contribution in [0.4, 0.5) is 5.69 Å². The van der Waals surface area contributed by atoms with Gasteiger partial charge in [0.1, 0.15) is 0 Å². The third-order valence-electron chi connectivity index (χ3n) is 4.64. The van der Waals surface area contributed by atoms with Gasteiger partial charge in [0.25, 0.3) is 5.69 Å². The molecule has 1 unspecified atom stereocenters. The summed E-state index contributed by atoms with van der Waals surface area (Å²) in [6, 6.07) is 7.71. The summed E-state index contributed by atoms with van der Waals surface area (Å²) < 4.78 is 0. The van der Waals surface area contributed by atoms with Crippen LogP contribution in [0.25, 0.3) is 0 Å². The molecule has 1 aliphatic carbocycles. The molecule has 2 fully saturated rings. The molecule has 1 atom stereocenters. The summed E-state index contributed by atoms with van der Waals surface area (Å²) in [5.74, 6) is 0. The quantitative estimate of drug-likeness (QED) is 0.645. The minimum absolute atomic E-state index is 0. The van der Waals surface area contributed by atoms with Crippen LogP contribution in [0, 0.1) is 15.5 Å². The first-order chi connectivity index (χ1) is 10.1. The molecule has 1 saturated carbocycles. The molecule has 1 saturated heterocycles. The van der Waals surface area contributed by atoms with Crippen molar-refractivity contribution in [2.75, 3.05) is 19.6 Å². The van der Waals surface area contributed by atoms with E-state index in [-0.39, 0.29) is 23.0 Å². The number of nitro benzene ring substituents is 1. The standard InChI is InChI=1S/C16H23N3O2.ClH/c1-16(8-9-17-11-16)12-18(14-6-7-14)10-13-2-4-15(5-3-13)19(20)21;/h2-5,14,17H,6-12H2,1H3;1H. The van der Waals surface area contributed by atoms with E-state index in [1.54, 1.807) is 12.1 Å². The summed E-state index contributed by atoms with van der Waals surface area (Å²) in [6.45, 7) is 6.58. The lowest BCUT2D eigenvalue weighted by Gasteiger charge is -2.32. The maximum absolute atomic E-state index is 10.7. The number of rotatable bonds is 6. The molecule has 3 rings (SSSR count). The SMILES string of the molecule is CC1(CN(Cc2ccc([N+](=O)[O-])cc2)C2CC2)CCNC1.Cl. The molecule has 0 radical (unpaired) electrons. The number of hydrogen-bond acceptors (Lipinski definition) is 4. The molecule has 0 spiro atoms. The largest absolute Gasteiger partial charge is 0.316 e. The Morgan fingerprint density at radius 3 is 2.55 bits per heavy atom. The number of nitro groups is 1. The molecule has 2 aliphatic rings. The number of non-ortho nitro benzene ring substituents is 1. The Kier molecular flexibility index (Phi) is 5.42. The lowest BCUT2D eigenvalue weighted by atomic mass is 9.89. The zero-order valence-corrected chi connectivity index (χ0v) is 13.8. The van der Waals surface area contributed by atoms with Crippen LogP contribution in [0.15, 0.2) is 24.3 Å². The van der Waals surface area contributed by atoms with Crippen molar-refractivity contribution in [3.05, 3.63) is 39.9 Å². The van der Waals surface area contributed by atoms with Crippen LogP contribution in [0.1, 0.15) is 31.7 Å². The van der Waals surface area contributed by atoms with E-state index in [1.807, 2.05) is 12.1 Å². The van der Waals surface area contributed by atoms with Gasteiger partial charge in [0.15, 0.2) is 0 Å². The molecule has 1 heterocycles. The summed E-state index contributed by atoms with van der Waals surface area (Å²) in [5.41, 5.74) is 1.70. The molecule has 1 aromatic carbocycles. The Morgan fingerprint density at radius 1 is 1.36 bits per heavy atom. The van der Waals surface area contributed by atoms with Gasteiger partial charge in [0.05, 0.1) is 4.92 Å². The second-order valence-corrected chi connectivity index (χ2v) is 6.80. The van der Waals surface area contributed by atoms with Gasteiger partial charge in [-0.1, -0.05) is 19.1 Å². The van der Waals surface area contributed by atoms with Crippen LogP contribution < -0.4 is 5.32 Å². The second kappa shape index (κ2) is 6.94. The number of hydrogen-bond donors (Lipinski definition) is 1. The molecule has 0 bridgehead atoms. The molecule has 22 heavy (non-hydrogen) atoms. The lowest BCUT2D eigenvalue weighted by molar-refractivity contribution is -0.384. The van der Waals surface area contributed by atoms with Crippen LogP contribution in [0.2, 0.25) is 0 Å². The summed E-state index contributed by atoms with van der Waals surface area (Å²) in [7, 11) is 0. The van der Waals surface area contributed by atoms with E-state index in [4.69, 9.17) is 0 Å². The van der Waals surface area contributed by atoms with Crippen molar-refractivity contribution in [1.82, 2.24) is 10.2 Å². The van der Waals surface area contributed by atoms with Crippen molar-refractivity contribution in [3.8, 4) is 0 Å². The maximum Gasteiger partial charge on any atom is 0.269 e. The lowest BCUT2D eigenvalue weighted by Crippen LogP contribution is -2.38. The van der Waals surface area contributed by atoms with Gasteiger partial charge >= 0.3 is 0 Å². The van der Waals surface area contributed by atoms with Gasteiger partial charge < -0.3 is 5.32 Å². The fraction of sp³-hybridized carbons (Fsp3) is 0.625. The molecular formula is C16H24ClN3O2. The van der Waals surface area contributed by atoms with Crippen molar-refractivity contribution in [1.29, 1.82) is 0 Å². The summed E-state index contributed by atoms with van der Waals surface area (Å²) in [5, 5.41) is 14.2. The third kappa shape index (κ3) is 4.18. The molecule has 122 valence electrons. The van der Waals surface area contributed by atoms with Gasteiger partial charge in [-0.25, -0.2) is 0 Å². The minimum atomic E-state index is -0.340. The first kappa shape index (κ1) is 17.2. The molecule has 0 aromatic heterocycles. The highest BCUT2D eigenvalue weighted by molar-refractivity contribution is 5.85. The average molecular weight is 326 g/mol. The third-order valence-corrected chi connectivity index (χ3v) is 4.64.